The van der Waals surface area contributed by atoms with E-state index in [9.17, 15) is 0 Å². The van der Waals surface area contributed by atoms with Crippen molar-refractivity contribution in [3.05, 3.63) is 11.6 Å². The van der Waals surface area contributed by atoms with Crippen molar-refractivity contribution in [2.45, 2.75) is 68.7 Å². The third kappa shape index (κ3) is 1.75. The van der Waals surface area contributed by atoms with E-state index in [-0.39, 0.29) is 0 Å². The molecule has 0 aromatic rings. The highest BCUT2D eigenvalue weighted by Gasteiger charge is 2.68. The summed E-state index contributed by atoms with van der Waals surface area (Å²) in [6.45, 7) is 21.3. The van der Waals surface area contributed by atoms with Crippen molar-refractivity contribution in [2.75, 3.05) is 0 Å². The van der Waals surface area contributed by atoms with Crippen LogP contribution in [-0.2, 0) is 0 Å². The first kappa shape index (κ1) is 13.8. The predicted octanol–water partition coefficient (Wildman–Crippen LogP) is 5.44. The van der Waals surface area contributed by atoms with Gasteiger partial charge in [-0.3, -0.25) is 0 Å². The molecule has 0 amide bonds. The Kier molecular flexibility index (Phi) is 2.91. The van der Waals surface area contributed by atoms with Crippen LogP contribution in [0.25, 0.3) is 0 Å². The third-order valence-electron chi connectivity index (χ3n) is 5.72. The summed E-state index contributed by atoms with van der Waals surface area (Å²) >= 11 is 0. The van der Waals surface area contributed by atoms with Crippen molar-refractivity contribution in [1.29, 1.82) is 0 Å². The molecule has 1 aliphatic carbocycles. The van der Waals surface area contributed by atoms with Crippen LogP contribution in [-0.4, -0.2) is 0 Å². The average Bonchev–Trinajstić information content (AvgIpc) is 2.50. The highest BCUT2D eigenvalue weighted by molar-refractivity contribution is 5.26. The molecule has 0 aromatic carbocycles. The Morgan fingerprint density at radius 2 is 1.44 bits per heavy atom. The molecule has 0 nitrogen and oxygen atoms in total. The average molecular weight is 222 g/mol. The van der Waals surface area contributed by atoms with Gasteiger partial charge in [0.15, 0.2) is 0 Å². The molecule has 1 fully saturated rings. The van der Waals surface area contributed by atoms with E-state index in [4.69, 9.17) is 0 Å². The Balaban J connectivity index is 3.06. The molecule has 94 valence electrons. The molecule has 2 atom stereocenters. The Hall–Kier alpha value is -0.260. The van der Waals surface area contributed by atoms with Crippen LogP contribution >= 0.6 is 0 Å². The normalized spacial score (nSPS) is 34.8. The summed E-state index contributed by atoms with van der Waals surface area (Å²) in [5.74, 6) is 0. The second-order valence-corrected chi connectivity index (χ2v) is 8.02. The van der Waals surface area contributed by atoms with E-state index < -0.39 is 0 Å². The van der Waals surface area contributed by atoms with E-state index in [2.05, 4.69) is 68.4 Å². The fourth-order valence-corrected chi connectivity index (χ4v) is 3.30. The second kappa shape index (κ2) is 3.37. The summed E-state index contributed by atoms with van der Waals surface area (Å²) < 4.78 is 0. The van der Waals surface area contributed by atoms with Crippen LogP contribution in [0.5, 0.6) is 0 Å². The minimum absolute atomic E-state index is 0.356. The molecule has 0 saturated heterocycles. The minimum atomic E-state index is 0.356. The van der Waals surface area contributed by atoms with Crippen LogP contribution in [0, 0.1) is 21.7 Å². The van der Waals surface area contributed by atoms with Crippen molar-refractivity contribution in [3.8, 4) is 0 Å². The fourth-order valence-electron chi connectivity index (χ4n) is 3.30. The molecular formula is C16H30. The Bertz CT molecular complexity index is 309. The maximum atomic E-state index is 2.49. The number of allylic oxidation sites excluding steroid dienone is 2. The first-order valence-electron chi connectivity index (χ1n) is 6.53. The van der Waals surface area contributed by atoms with E-state index in [1.165, 1.54) is 12.0 Å². The van der Waals surface area contributed by atoms with Gasteiger partial charge in [0.2, 0.25) is 0 Å². The summed E-state index contributed by atoms with van der Waals surface area (Å²) in [5, 5.41) is 0. The van der Waals surface area contributed by atoms with Crippen molar-refractivity contribution in [1.82, 2.24) is 0 Å². The zero-order chi connectivity index (χ0) is 13.0. The lowest BCUT2D eigenvalue weighted by molar-refractivity contribution is 0.0302. The lowest BCUT2D eigenvalue weighted by atomic mass is 9.58. The van der Waals surface area contributed by atoms with Gasteiger partial charge in [0, 0.05) is 0 Å². The van der Waals surface area contributed by atoms with Gasteiger partial charge < -0.3 is 0 Å². The predicted molar refractivity (Wildman–Crippen MR) is 73.5 cm³/mol. The minimum Gasteiger partial charge on any atom is -0.0799 e. The van der Waals surface area contributed by atoms with E-state index >= 15 is 0 Å². The molecule has 0 aromatic heterocycles. The molecule has 0 radical (unpaired) electrons. The van der Waals surface area contributed by atoms with Gasteiger partial charge in [-0.2, -0.15) is 0 Å². The molecule has 16 heavy (non-hydrogen) atoms. The Labute approximate surface area is 103 Å². The lowest BCUT2D eigenvalue weighted by Crippen LogP contribution is -2.39. The summed E-state index contributed by atoms with van der Waals surface area (Å²) in [4.78, 5) is 0. The fraction of sp³-hybridized carbons (Fsp3) is 0.875. The third-order valence-corrected chi connectivity index (χ3v) is 5.72. The van der Waals surface area contributed by atoms with E-state index in [1.807, 2.05) is 0 Å². The molecule has 0 heteroatoms. The Morgan fingerprint density at radius 3 is 1.75 bits per heavy atom. The van der Waals surface area contributed by atoms with Crippen LogP contribution in [0.2, 0.25) is 0 Å². The number of hydrogen-bond donors (Lipinski definition) is 0. The van der Waals surface area contributed by atoms with Crippen LogP contribution < -0.4 is 0 Å². The van der Waals surface area contributed by atoms with E-state index in [0.29, 0.717) is 21.7 Å². The Morgan fingerprint density at radius 1 is 1.00 bits per heavy atom. The summed E-state index contributed by atoms with van der Waals surface area (Å²) in [6, 6.07) is 0. The first-order valence-corrected chi connectivity index (χ1v) is 6.53. The molecular weight excluding hydrogens is 192 g/mol. The molecule has 0 aliphatic heterocycles. The standard InChI is InChI=1S/C16H30/c1-12(2)10-15(8)11-16(15,9)14(6,7)13(3,4)5/h10H,11H2,1-9H3. The lowest BCUT2D eigenvalue weighted by Gasteiger charge is -2.46. The summed E-state index contributed by atoms with van der Waals surface area (Å²) in [7, 11) is 0. The van der Waals surface area contributed by atoms with Crippen LogP contribution in [0.1, 0.15) is 68.7 Å². The molecule has 2 unspecified atom stereocenters. The van der Waals surface area contributed by atoms with Gasteiger partial charge in [-0.15, -0.1) is 0 Å². The van der Waals surface area contributed by atoms with Crippen LogP contribution in [0.4, 0.5) is 0 Å². The summed E-state index contributed by atoms with van der Waals surface area (Å²) in [6.07, 6.45) is 3.82. The van der Waals surface area contributed by atoms with E-state index in [0.717, 1.165) is 0 Å². The van der Waals surface area contributed by atoms with E-state index in [1.54, 1.807) is 0 Å². The van der Waals surface area contributed by atoms with Gasteiger partial charge in [-0.05, 0) is 41.9 Å². The topological polar surface area (TPSA) is 0 Å². The largest absolute Gasteiger partial charge is 0.0799 e. The van der Waals surface area contributed by atoms with Gasteiger partial charge in [0.25, 0.3) is 0 Å². The maximum Gasteiger partial charge on any atom is -0.00790 e. The quantitative estimate of drug-likeness (QED) is 0.546. The molecule has 0 N–H and O–H groups in total. The highest BCUT2D eigenvalue weighted by Crippen LogP contribution is 2.75. The molecule has 1 rings (SSSR count). The zero-order valence-electron chi connectivity index (χ0n) is 12.8. The van der Waals surface area contributed by atoms with Gasteiger partial charge >= 0.3 is 0 Å². The monoisotopic (exact) mass is 222 g/mol. The van der Waals surface area contributed by atoms with Crippen molar-refractivity contribution < 1.29 is 0 Å². The van der Waals surface area contributed by atoms with Gasteiger partial charge in [-0.1, -0.05) is 60.1 Å². The molecule has 0 spiro atoms. The number of hydrogen-bond acceptors (Lipinski definition) is 0. The van der Waals surface area contributed by atoms with Crippen molar-refractivity contribution in [2.24, 2.45) is 21.7 Å². The first-order chi connectivity index (χ1) is 6.87. The van der Waals surface area contributed by atoms with Crippen LogP contribution in [0.15, 0.2) is 11.6 Å². The van der Waals surface area contributed by atoms with Crippen molar-refractivity contribution >= 4 is 0 Å². The SMILES string of the molecule is CC(C)=CC1(C)CC1(C)C(C)(C)C(C)(C)C. The molecule has 1 saturated carbocycles. The van der Waals surface area contributed by atoms with Crippen LogP contribution in [0.3, 0.4) is 0 Å². The maximum absolute atomic E-state index is 2.49. The number of rotatable bonds is 2. The van der Waals surface area contributed by atoms with Gasteiger partial charge in [0.05, 0.1) is 0 Å². The summed E-state index contributed by atoms with van der Waals surface area (Å²) in [5.41, 5.74) is 3.02. The smallest absolute Gasteiger partial charge is 0.00790 e. The van der Waals surface area contributed by atoms with Crippen molar-refractivity contribution in [3.63, 3.8) is 0 Å². The van der Waals surface area contributed by atoms with Gasteiger partial charge in [-0.25, -0.2) is 0 Å². The molecule has 1 aliphatic rings. The van der Waals surface area contributed by atoms with Gasteiger partial charge in [0.1, 0.15) is 0 Å². The zero-order valence-corrected chi connectivity index (χ0v) is 12.8. The molecule has 0 heterocycles. The highest BCUT2D eigenvalue weighted by atomic mass is 14.7. The second-order valence-electron chi connectivity index (χ2n) is 8.02. The molecule has 0 bridgehead atoms.